The lowest BCUT2D eigenvalue weighted by molar-refractivity contribution is 0.0106. The molecule has 1 spiro atoms. The maximum absolute atomic E-state index is 6.19. The summed E-state index contributed by atoms with van der Waals surface area (Å²) in [6.07, 6.45) is 6.51. The molecule has 1 aromatic heterocycles. The smallest absolute Gasteiger partial charge is 0.0824 e. The predicted octanol–water partition coefficient (Wildman–Crippen LogP) is 2.06. The number of aryl methyl sites for hydroxylation is 1. The molecule has 0 aliphatic carbocycles. The zero-order valence-corrected chi connectivity index (χ0v) is 12.3. The molecule has 4 nitrogen and oxygen atoms in total. The van der Waals surface area contributed by atoms with E-state index in [0.29, 0.717) is 0 Å². The van der Waals surface area contributed by atoms with E-state index in [-0.39, 0.29) is 5.60 Å². The normalized spacial score (nSPS) is 31.9. The van der Waals surface area contributed by atoms with Gasteiger partial charge in [0.15, 0.2) is 0 Å². The Hall–Kier alpha value is -0.870. The average molecular weight is 263 g/mol. The molecule has 2 fully saturated rings. The third-order valence-electron chi connectivity index (χ3n) is 4.74. The molecule has 1 aromatic rings. The maximum atomic E-state index is 6.19. The SMILES string of the molecule is CC(C)[C@@H]1CO[C@@]2(CCN(Cc3cnn(C)c3)C2)C1. The van der Waals surface area contributed by atoms with Gasteiger partial charge in [0.1, 0.15) is 0 Å². The predicted molar refractivity (Wildman–Crippen MR) is 74.7 cm³/mol. The highest BCUT2D eigenvalue weighted by molar-refractivity contribution is 5.06. The Labute approximate surface area is 115 Å². The van der Waals surface area contributed by atoms with Gasteiger partial charge in [0.05, 0.1) is 18.4 Å². The van der Waals surface area contributed by atoms with Crippen molar-refractivity contribution in [3.05, 3.63) is 18.0 Å². The van der Waals surface area contributed by atoms with Gasteiger partial charge in [-0.25, -0.2) is 0 Å². The fourth-order valence-electron chi connectivity index (χ4n) is 3.47. The van der Waals surface area contributed by atoms with Crippen LogP contribution < -0.4 is 0 Å². The second kappa shape index (κ2) is 4.91. The van der Waals surface area contributed by atoms with Gasteiger partial charge in [0.25, 0.3) is 0 Å². The molecule has 2 aliphatic rings. The van der Waals surface area contributed by atoms with Gasteiger partial charge < -0.3 is 4.74 Å². The highest BCUT2D eigenvalue weighted by Crippen LogP contribution is 2.40. The van der Waals surface area contributed by atoms with Crippen LogP contribution in [0.2, 0.25) is 0 Å². The Morgan fingerprint density at radius 2 is 2.37 bits per heavy atom. The molecular weight excluding hydrogens is 238 g/mol. The van der Waals surface area contributed by atoms with E-state index in [2.05, 4.69) is 30.0 Å². The minimum Gasteiger partial charge on any atom is -0.373 e. The summed E-state index contributed by atoms with van der Waals surface area (Å²) < 4.78 is 8.06. The molecule has 4 heteroatoms. The quantitative estimate of drug-likeness (QED) is 0.836. The van der Waals surface area contributed by atoms with Crippen LogP contribution >= 0.6 is 0 Å². The zero-order chi connectivity index (χ0) is 13.5. The highest BCUT2D eigenvalue weighted by atomic mass is 16.5. The summed E-state index contributed by atoms with van der Waals surface area (Å²) in [5, 5.41) is 4.24. The Morgan fingerprint density at radius 1 is 1.53 bits per heavy atom. The first-order valence-corrected chi connectivity index (χ1v) is 7.40. The van der Waals surface area contributed by atoms with E-state index in [4.69, 9.17) is 4.74 Å². The zero-order valence-electron chi connectivity index (χ0n) is 12.3. The number of ether oxygens (including phenoxy) is 1. The monoisotopic (exact) mass is 263 g/mol. The van der Waals surface area contributed by atoms with Crippen LogP contribution in [0.15, 0.2) is 12.4 Å². The molecule has 0 bridgehead atoms. The molecule has 0 saturated carbocycles. The van der Waals surface area contributed by atoms with Gasteiger partial charge in [-0.15, -0.1) is 0 Å². The lowest BCUT2D eigenvalue weighted by Gasteiger charge is -2.23. The van der Waals surface area contributed by atoms with Crippen molar-refractivity contribution in [3.63, 3.8) is 0 Å². The van der Waals surface area contributed by atoms with Gasteiger partial charge in [-0.2, -0.15) is 5.10 Å². The van der Waals surface area contributed by atoms with Crippen molar-refractivity contribution in [3.8, 4) is 0 Å². The fourth-order valence-corrected chi connectivity index (χ4v) is 3.47. The molecule has 0 radical (unpaired) electrons. The molecule has 0 N–H and O–H groups in total. The van der Waals surface area contributed by atoms with Crippen LogP contribution in [0.4, 0.5) is 0 Å². The van der Waals surface area contributed by atoms with Crippen LogP contribution in [0.25, 0.3) is 0 Å². The second-order valence-electron chi connectivity index (χ2n) is 6.69. The van der Waals surface area contributed by atoms with E-state index in [0.717, 1.165) is 38.1 Å². The standard InChI is InChI=1S/C15H25N3O/c1-12(2)14-6-15(19-10-14)4-5-18(11-15)9-13-7-16-17(3)8-13/h7-8,12,14H,4-6,9-11H2,1-3H3/t14-,15-/m0/s1. The summed E-state index contributed by atoms with van der Waals surface area (Å²) in [6.45, 7) is 8.83. The van der Waals surface area contributed by atoms with Gasteiger partial charge in [-0.1, -0.05) is 13.8 Å². The molecule has 3 heterocycles. The van der Waals surface area contributed by atoms with Crippen molar-refractivity contribution in [1.82, 2.24) is 14.7 Å². The van der Waals surface area contributed by atoms with E-state index in [1.807, 2.05) is 17.9 Å². The van der Waals surface area contributed by atoms with Crippen molar-refractivity contribution in [2.24, 2.45) is 18.9 Å². The molecule has 0 unspecified atom stereocenters. The van der Waals surface area contributed by atoms with E-state index >= 15 is 0 Å². The van der Waals surface area contributed by atoms with E-state index < -0.39 is 0 Å². The molecule has 2 aliphatic heterocycles. The molecule has 0 aromatic carbocycles. The van der Waals surface area contributed by atoms with Gasteiger partial charge in [-0.3, -0.25) is 9.58 Å². The first kappa shape index (κ1) is 13.1. The van der Waals surface area contributed by atoms with Gasteiger partial charge in [0, 0.05) is 38.4 Å². The Morgan fingerprint density at radius 3 is 3.00 bits per heavy atom. The van der Waals surface area contributed by atoms with Crippen molar-refractivity contribution in [2.45, 2.75) is 38.8 Å². The highest BCUT2D eigenvalue weighted by Gasteiger charge is 2.45. The first-order valence-electron chi connectivity index (χ1n) is 7.40. The van der Waals surface area contributed by atoms with Crippen molar-refractivity contribution in [2.75, 3.05) is 19.7 Å². The number of likely N-dealkylation sites (tertiary alicyclic amines) is 1. The molecule has 0 amide bonds. The lowest BCUT2D eigenvalue weighted by Crippen LogP contribution is -2.32. The molecular formula is C15H25N3O. The largest absolute Gasteiger partial charge is 0.373 e. The molecule has 3 rings (SSSR count). The molecule has 106 valence electrons. The number of rotatable bonds is 3. The van der Waals surface area contributed by atoms with Crippen molar-refractivity contribution < 1.29 is 4.74 Å². The van der Waals surface area contributed by atoms with Gasteiger partial charge in [0.2, 0.25) is 0 Å². The van der Waals surface area contributed by atoms with Gasteiger partial charge in [-0.05, 0) is 24.7 Å². The van der Waals surface area contributed by atoms with Crippen LogP contribution in [0, 0.1) is 11.8 Å². The van der Waals surface area contributed by atoms with E-state index in [1.165, 1.54) is 18.4 Å². The molecule has 19 heavy (non-hydrogen) atoms. The third-order valence-corrected chi connectivity index (χ3v) is 4.74. The summed E-state index contributed by atoms with van der Waals surface area (Å²) in [5.41, 5.74) is 1.45. The summed E-state index contributed by atoms with van der Waals surface area (Å²) in [5.74, 6) is 1.49. The van der Waals surface area contributed by atoms with Crippen molar-refractivity contribution in [1.29, 1.82) is 0 Å². The maximum Gasteiger partial charge on any atom is 0.0824 e. The molecule has 2 atom stereocenters. The van der Waals surface area contributed by atoms with Gasteiger partial charge >= 0.3 is 0 Å². The number of hydrogen-bond donors (Lipinski definition) is 0. The number of nitrogens with zero attached hydrogens (tertiary/aromatic N) is 3. The number of hydrogen-bond acceptors (Lipinski definition) is 3. The summed E-state index contributed by atoms with van der Waals surface area (Å²) in [7, 11) is 1.97. The first-order chi connectivity index (χ1) is 9.06. The van der Waals surface area contributed by atoms with Crippen LogP contribution in [-0.4, -0.2) is 40.0 Å². The van der Waals surface area contributed by atoms with E-state index in [9.17, 15) is 0 Å². The summed E-state index contributed by atoms with van der Waals surface area (Å²) in [4.78, 5) is 2.51. The fraction of sp³-hybridized carbons (Fsp3) is 0.800. The lowest BCUT2D eigenvalue weighted by atomic mass is 9.87. The Balaban J connectivity index is 1.58. The van der Waals surface area contributed by atoms with Crippen molar-refractivity contribution >= 4 is 0 Å². The van der Waals surface area contributed by atoms with Crippen LogP contribution in [-0.2, 0) is 18.3 Å². The summed E-state index contributed by atoms with van der Waals surface area (Å²) in [6, 6.07) is 0. The van der Waals surface area contributed by atoms with Crippen LogP contribution in [0.1, 0.15) is 32.3 Å². The Kier molecular flexibility index (Phi) is 3.39. The minimum absolute atomic E-state index is 0.150. The summed E-state index contributed by atoms with van der Waals surface area (Å²) >= 11 is 0. The topological polar surface area (TPSA) is 30.3 Å². The molecule has 2 saturated heterocycles. The number of aromatic nitrogens is 2. The van der Waals surface area contributed by atoms with E-state index in [1.54, 1.807) is 0 Å². The third kappa shape index (κ3) is 2.70. The average Bonchev–Trinajstić information content (AvgIpc) is 3.04. The van der Waals surface area contributed by atoms with Crippen LogP contribution in [0.3, 0.4) is 0 Å². The second-order valence-corrected chi connectivity index (χ2v) is 6.69. The minimum atomic E-state index is 0.150. The Bertz CT molecular complexity index is 442. The van der Waals surface area contributed by atoms with Crippen LogP contribution in [0.5, 0.6) is 0 Å².